The van der Waals surface area contributed by atoms with E-state index in [0.29, 0.717) is 12.1 Å². The average molecular weight is 446 g/mol. The van der Waals surface area contributed by atoms with Crippen LogP contribution in [0.3, 0.4) is 0 Å². The maximum Gasteiger partial charge on any atom is 0.257 e. The van der Waals surface area contributed by atoms with Crippen LogP contribution in [-0.4, -0.2) is 54.0 Å². The van der Waals surface area contributed by atoms with Crippen LogP contribution in [0.1, 0.15) is 41.6 Å². The molecule has 0 N–H and O–H groups in total. The predicted molar refractivity (Wildman–Crippen MR) is 127 cm³/mol. The molecule has 5 rings (SSSR count). The maximum absolute atomic E-state index is 13.8. The standard InChI is InChI=1S/C27H31N3O3/c1-32-23-10-8-22(9-11-23)25-24(19-30(28-25)18-21-6-3-2-4-7-21)26(31)29-15-5-12-27(20-29)13-16-33-17-14-27/h2-4,6-11,19H,5,12-18,20H2,1H3. The van der Waals surface area contributed by atoms with E-state index in [1.54, 1.807) is 7.11 Å². The number of likely N-dealkylation sites (tertiary alicyclic amines) is 1. The van der Waals surface area contributed by atoms with Gasteiger partial charge in [0.15, 0.2) is 0 Å². The fourth-order valence-electron chi connectivity index (χ4n) is 5.16. The smallest absolute Gasteiger partial charge is 0.257 e. The zero-order chi connectivity index (χ0) is 22.7. The van der Waals surface area contributed by atoms with Crippen molar-refractivity contribution in [2.75, 3.05) is 33.4 Å². The average Bonchev–Trinajstić information content (AvgIpc) is 3.28. The second kappa shape index (κ2) is 9.40. The van der Waals surface area contributed by atoms with Gasteiger partial charge in [-0.25, -0.2) is 0 Å². The van der Waals surface area contributed by atoms with Crippen LogP contribution < -0.4 is 4.74 Å². The van der Waals surface area contributed by atoms with Gasteiger partial charge in [0.2, 0.25) is 0 Å². The monoisotopic (exact) mass is 445 g/mol. The van der Waals surface area contributed by atoms with Gasteiger partial charge in [-0.1, -0.05) is 30.3 Å². The minimum absolute atomic E-state index is 0.0747. The number of ether oxygens (including phenoxy) is 2. The number of nitrogens with zero attached hydrogens (tertiary/aromatic N) is 3. The van der Waals surface area contributed by atoms with Gasteiger partial charge in [0.1, 0.15) is 11.4 Å². The van der Waals surface area contributed by atoms with Crippen molar-refractivity contribution in [3.05, 3.63) is 71.9 Å². The Hall–Kier alpha value is -3.12. The molecule has 0 atom stereocenters. The zero-order valence-corrected chi connectivity index (χ0v) is 19.2. The first kappa shape index (κ1) is 21.7. The summed E-state index contributed by atoms with van der Waals surface area (Å²) in [5.74, 6) is 0.860. The van der Waals surface area contributed by atoms with Crippen molar-refractivity contribution in [3.8, 4) is 17.0 Å². The van der Waals surface area contributed by atoms with E-state index in [1.165, 1.54) is 6.42 Å². The van der Waals surface area contributed by atoms with E-state index in [2.05, 4.69) is 12.1 Å². The van der Waals surface area contributed by atoms with Gasteiger partial charge in [-0.15, -0.1) is 0 Å². The lowest BCUT2D eigenvalue weighted by molar-refractivity contribution is -0.0229. The molecule has 2 aliphatic heterocycles. The Morgan fingerprint density at radius 3 is 2.55 bits per heavy atom. The second-order valence-electron chi connectivity index (χ2n) is 9.25. The number of carbonyl (C=O) groups excluding carboxylic acids is 1. The van der Waals surface area contributed by atoms with Crippen molar-refractivity contribution in [3.63, 3.8) is 0 Å². The summed E-state index contributed by atoms with van der Waals surface area (Å²) in [6.07, 6.45) is 6.21. The quantitative estimate of drug-likeness (QED) is 0.574. The fourth-order valence-corrected chi connectivity index (χ4v) is 5.16. The zero-order valence-electron chi connectivity index (χ0n) is 19.2. The van der Waals surface area contributed by atoms with Gasteiger partial charge in [0.25, 0.3) is 5.91 Å². The highest BCUT2D eigenvalue weighted by Crippen LogP contribution is 2.40. The SMILES string of the molecule is COc1ccc(-c2nn(Cc3ccccc3)cc2C(=O)N2CCCC3(CCOCC3)C2)cc1. The molecule has 3 heterocycles. The lowest BCUT2D eigenvalue weighted by Gasteiger charge is -2.45. The molecule has 2 aromatic carbocycles. The molecule has 2 aliphatic rings. The molecule has 6 heteroatoms. The number of hydrogen-bond donors (Lipinski definition) is 0. The Morgan fingerprint density at radius 1 is 1.06 bits per heavy atom. The molecule has 1 spiro atoms. The first-order chi connectivity index (χ1) is 16.2. The fraction of sp³-hybridized carbons (Fsp3) is 0.407. The third-order valence-electron chi connectivity index (χ3n) is 7.05. The first-order valence-electron chi connectivity index (χ1n) is 11.8. The highest BCUT2D eigenvalue weighted by atomic mass is 16.5. The first-order valence-corrected chi connectivity index (χ1v) is 11.8. The molecular formula is C27H31N3O3. The molecule has 0 unspecified atom stereocenters. The Morgan fingerprint density at radius 2 is 1.82 bits per heavy atom. The topological polar surface area (TPSA) is 56.6 Å². The van der Waals surface area contributed by atoms with Crippen molar-refractivity contribution in [2.24, 2.45) is 5.41 Å². The lowest BCUT2D eigenvalue weighted by Crippen LogP contribution is -2.48. The number of amides is 1. The van der Waals surface area contributed by atoms with Crippen LogP contribution in [0.4, 0.5) is 0 Å². The highest BCUT2D eigenvalue weighted by molar-refractivity contribution is 6.00. The number of carbonyl (C=O) groups is 1. The molecule has 1 amide bonds. The summed E-state index contributed by atoms with van der Waals surface area (Å²) in [6.45, 7) is 3.83. The Bertz CT molecular complexity index is 1080. The van der Waals surface area contributed by atoms with Gasteiger partial charge in [0, 0.05) is 38.1 Å². The molecule has 1 aromatic heterocycles. The number of methoxy groups -OCH3 is 1. The summed E-state index contributed by atoms with van der Waals surface area (Å²) in [5.41, 5.74) is 3.67. The minimum Gasteiger partial charge on any atom is -0.497 e. The van der Waals surface area contributed by atoms with Crippen LogP contribution in [0, 0.1) is 5.41 Å². The number of rotatable bonds is 5. The predicted octanol–water partition coefficient (Wildman–Crippen LogP) is 4.64. The van der Waals surface area contributed by atoms with Crippen molar-refractivity contribution >= 4 is 5.91 Å². The molecular weight excluding hydrogens is 414 g/mol. The summed E-state index contributed by atoms with van der Waals surface area (Å²) >= 11 is 0. The normalized spacial score (nSPS) is 17.8. The molecule has 3 aromatic rings. The van der Waals surface area contributed by atoms with Crippen LogP contribution in [0.2, 0.25) is 0 Å². The van der Waals surface area contributed by atoms with E-state index in [-0.39, 0.29) is 11.3 Å². The molecule has 0 radical (unpaired) electrons. The van der Waals surface area contributed by atoms with Crippen molar-refractivity contribution in [1.82, 2.24) is 14.7 Å². The van der Waals surface area contributed by atoms with Crippen molar-refractivity contribution in [2.45, 2.75) is 32.2 Å². The van der Waals surface area contributed by atoms with Crippen molar-refractivity contribution < 1.29 is 14.3 Å². The van der Waals surface area contributed by atoms with Crippen LogP contribution in [-0.2, 0) is 11.3 Å². The summed E-state index contributed by atoms with van der Waals surface area (Å²) < 4.78 is 12.8. The molecule has 0 aliphatic carbocycles. The van der Waals surface area contributed by atoms with E-state index in [9.17, 15) is 4.79 Å². The largest absolute Gasteiger partial charge is 0.497 e. The summed E-state index contributed by atoms with van der Waals surface area (Å²) in [4.78, 5) is 15.9. The third-order valence-corrected chi connectivity index (χ3v) is 7.05. The number of aromatic nitrogens is 2. The summed E-state index contributed by atoms with van der Waals surface area (Å²) in [7, 11) is 1.65. The van der Waals surface area contributed by atoms with Crippen LogP contribution >= 0.6 is 0 Å². The third kappa shape index (κ3) is 4.67. The van der Waals surface area contributed by atoms with Crippen LogP contribution in [0.15, 0.2) is 60.8 Å². The van der Waals surface area contributed by atoms with Gasteiger partial charge in [-0.05, 0) is 60.9 Å². The second-order valence-corrected chi connectivity index (χ2v) is 9.25. The number of benzene rings is 2. The molecule has 0 bridgehead atoms. The lowest BCUT2D eigenvalue weighted by atomic mass is 9.74. The van der Waals surface area contributed by atoms with E-state index in [4.69, 9.17) is 14.6 Å². The minimum atomic E-state index is 0.0747. The van der Waals surface area contributed by atoms with Crippen LogP contribution in [0.5, 0.6) is 5.75 Å². The molecule has 0 saturated carbocycles. The van der Waals surface area contributed by atoms with Gasteiger partial charge in [-0.2, -0.15) is 5.10 Å². The van der Waals surface area contributed by atoms with E-state index < -0.39 is 0 Å². The molecule has 2 fully saturated rings. The number of hydrogen-bond acceptors (Lipinski definition) is 4. The Kier molecular flexibility index (Phi) is 6.18. The Balaban J connectivity index is 1.46. The molecule has 6 nitrogen and oxygen atoms in total. The van der Waals surface area contributed by atoms with Gasteiger partial charge >= 0.3 is 0 Å². The number of piperidine rings is 1. The molecule has 33 heavy (non-hydrogen) atoms. The van der Waals surface area contributed by atoms with Gasteiger partial charge < -0.3 is 14.4 Å². The van der Waals surface area contributed by atoms with Gasteiger partial charge in [-0.3, -0.25) is 9.48 Å². The molecule has 2 saturated heterocycles. The van der Waals surface area contributed by atoms with E-state index in [1.807, 2.05) is 58.2 Å². The summed E-state index contributed by atoms with van der Waals surface area (Å²) in [5, 5.41) is 4.86. The van der Waals surface area contributed by atoms with E-state index >= 15 is 0 Å². The highest BCUT2D eigenvalue weighted by Gasteiger charge is 2.39. The van der Waals surface area contributed by atoms with Crippen molar-refractivity contribution in [1.29, 1.82) is 0 Å². The van der Waals surface area contributed by atoms with E-state index in [0.717, 1.165) is 68.1 Å². The Labute approximate surface area is 195 Å². The maximum atomic E-state index is 13.8. The van der Waals surface area contributed by atoms with Crippen LogP contribution in [0.25, 0.3) is 11.3 Å². The van der Waals surface area contributed by atoms with Gasteiger partial charge in [0.05, 0.1) is 19.2 Å². The molecule has 172 valence electrons. The summed E-state index contributed by atoms with van der Waals surface area (Å²) in [6, 6.07) is 18.0.